The molecule has 24 heavy (non-hydrogen) atoms. The Labute approximate surface area is 148 Å². The van der Waals surface area contributed by atoms with Crippen LogP contribution in [0.1, 0.15) is 21.6 Å². The van der Waals surface area contributed by atoms with Gasteiger partial charge in [-0.15, -0.1) is 0 Å². The van der Waals surface area contributed by atoms with Crippen molar-refractivity contribution in [1.29, 1.82) is 0 Å². The summed E-state index contributed by atoms with van der Waals surface area (Å²) in [5.41, 5.74) is 4.26. The molecule has 2 aromatic carbocycles. The maximum Gasteiger partial charge on any atom is 0.254 e. The Kier molecular flexibility index (Phi) is 3.81. The quantitative estimate of drug-likeness (QED) is 0.721. The van der Waals surface area contributed by atoms with Crippen LogP contribution < -0.4 is 4.74 Å². The van der Waals surface area contributed by atoms with Gasteiger partial charge in [0.05, 0.1) is 12.6 Å². The van der Waals surface area contributed by atoms with E-state index >= 15 is 0 Å². The summed E-state index contributed by atoms with van der Waals surface area (Å²) in [7, 11) is 1.62. The van der Waals surface area contributed by atoms with E-state index in [0.717, 1.165) is 28.7 Å². The first-order valence-corrected chi connectivity index (χ1v) is 8.68. The number of carbonyl (C=O) groups excluding carboxylic acids is 1. The van der Waals surface area contributed by atoms with Crippen LogP contribution in [0.4, 0.5) is 0 Å². The fraction of sp³-hybridized carbons (Fsp3) is 0.211. The first kappa shape index (κ1) is 15.3. The molecule has 1 aromatic heterocycles. The third kappa shape index (κ3) is 2.49. The first-order chi connectivity index (χ1) is 11.7. The van der Waals surface area contributed by atoms with E-state index in [-0.39, 0.29) is 5.91 Å². The number of aromatic nitrogens is 1. The molecule has 122 valence electrons. The Bertz CT molecular complexity index is 915. The molecule has 0 saturated carbocycles. The van der Waals surface area contributed by atoms with E-state index < -0.39 is 0 Å². The van der Waals surface area contributed by atoms with E-state index in [4.69, 9.17) is 4.74 Å². The lowest BCUT2D eigenvalue weighted by atomic mass is 10.0. The summed E-state index contributed by atoms with van der Waals surface area (Å²) in [5.74, 6) is 0.821. The van der Waals surface area contributed by atoms with Crippen molar-refractivity contribution in [2.24, 2.45) is 0 Å². The predicted molar refractivity (Wildman–Crippen MR) is 97.4 cm³/mol. The Morgan fingerprint density at radius 2 is 2.00 bits per heavy atom. The van der Waals surface area contributed by atoms with Crippen molar-refractivity contribution < 1.29 is 9.53 Å². The van der Waals surface area contributed by atoms with Gasteiger partial charge in [-0.2, -0.15) is 0 Å². The summed E-state index contributed by atoms with van der Waals surface area (Å²) in [6.45, 7) is 1.36. The Morgan fingerprint density at radius 3 is 2.75 bits per heavy atom. The number of hydrogen-bond donors (Lipinski definition) is 1. The van der Waals surface area contributed by atoms with Crippen molar-refractivity contribution >= 4 is 32.7 Å². The Balaban J connectivity index is 1.64. The topological polar surface area (TPSA) is 45.3 Å². The van der Waals surface area contributed by atoms with Crippen LogP contribution >= 0.6 is 15.9 Å². The van der Waals surface area contributed by atoms with Gasteiger partial charge < -0.3 is 14.6 Å². The van der Waals surface area contributed by atoms with Crippen LogP contribution in [0, 0.1) is 0 Å². The van der Waals surface area contributed by atoms with Crippen LogP contribution in [-0.4, -0.2) is 29.4 Å². The zero-order chi connectivity index (χ0) is 16.7. The van der Waals surface area contributed by atoms with Gasteiger partial charge in [-0.1, -0.05) is 12.1 Å². The molecule has 0 unspecified atom stereocenters. The molecule has 0 radical (unpaired) electrons. The SMILES string of the molecule is COc1ccc(C(=O)N2CCc3[nH]c4c(Br)cccc4c3C2)cc1. The van der Waals surface area contributed by atoms with Crippen LogP contribution in [0.5, 0.6) is 5.75 Å². The van der Waals surface area contributed by atoms with Crippen molar-refractivity contribution in [2.75, 3.05) is 13.7 Å². The van der Waals surface area contributed by atoms with E-state index in [1.807, 2.05) is 41.3 Å². The number of amides is 1. The Hall–Kier alpha value is -2.27. The highest BCUT2D eigenvalue weighted by atomic mass is 79.9. The number of benzene rings is 2. The molecule has 0 fully saturated rings. The highest BCUT2D eigenvalue weighted by Crippen LogP contribution is 2.32. The molecule has 0 saturated heterocycles. The number of halogens is 1. The summed E-state index contributed by atoms with van der Waals surface area (Å²) < 4.78 is 6.21. The number of H-pyrrole nitrogens is 1. The third-order valence-electron chi connectivity index (χ3n) is 4.58. The molecule has 1 N–H and O–H groups in total. The van der Waals surface area contributed by atoms with Crippen molar-refractivity contribution in [2.45, 2.75) is 13.0 Å². The summed E-state index contributed by atoms with van der Waals surface area (Å²) in [5, 5.41) is 1.19. The van der Waals surface area contributed by atoms with E-state index in [1.54, 1.807) is 7.11 Å². The number of ether oxygens (including phenoxy) is 1. The van der Waals surface area contributed by atoms with Gasteiger partial charge in [0.25, 0.3) is 5.91 Å². The number of nitrogens with zero attached hydrogens (tertiary/aromatic N) is 1. The summed E-state index contributed by atoms with van der Waals surface area (Å²) >= 11 is 3.59. The molecular formula is C19H17BrN2O2. The van der Waals surface area contributed by atoms with Gasteiger partial charge in [0.1, 0.15) is 5.75 Å². The number of hydrogen-bond acceptors (Lipinski definition) is 2. The minimum atomic E-state index is 0.0626. The molecule has 4 nitrogen and oxygen atoms in total. The highest BCUT2D eigenvalue weighted by Gasteiger charge is 2.25. The van der Waals surface area contributed by atoms with Crippen molar-refractivity contribution in [1.82, 2.24) is 9.88 Å². The molecule has 1 aliphatic rings. The van der Waals surface area contributed by atoms with Crippen molar-refractivity contribution in [3.05, 3.63) is 63.8 Å². The van der Waals surface area contributed by atoms with Crippen LogP contribution in [0.3, 0.4) is 0 Å². The number of nitrogens with one attached hydrogen (secondary N) is 1. The fourth-order valence-corrected chi connectivity index (χ4v) is 3.76. The van der Waals surface area contributed by atoms with E-state index in [2.05, 4.69) is 27.0 Å². The predicted octanol–water partition coefficient (Wildman–Crippen LogP) is 4.14. The van der Waals surface area contributed by atoms with Gasteiger partial charge in [-0.05, 0) is 46.3 Å². The molecule has 5 heteroatoms. The lowest BCUT2D eigenvalue weighted by Crippen LogP contribution is -2.35. The minimum absolute atomic E-state index is 0.0626. The molecule has 1 aliphatic heterocycles. The van der Waals surface area contributed by atoms with E-state index in [1.165, 1.54) is 16.6 Å². The Morgan fingerprint density at radius 1 is 1.21 bits per heavy atom. The van der Waals surface area contributed by atoms with E-state index in [9.17, 15) is 4.79 Å². The molecule has 0 spiro atoms. The molecule has 1 amide bonds. The van der Waals surface area contributed by atoms with Gasteiger partial charge >= 0.3 is 0 Å². The lowest BCUT2D eigenvalue weighted by molar-refractivity contribution is 0.0735. The average Bonchev–Trinajstić information content (AvgIpc) is 3.00. The standard InChI is InChI=1S/C19H17BrN2O2/c1-24-13-7-5-12(6-8-13)19(23)22-10-9-17-15(11-22)14-3-2-4-16(20)18(14)21-17/h2-8,21H,9-11H2,1H3. The maximum atomic E-state index is 12.8. The number of aromatic amines is 1. The average molecular weight is 385 g/mol. The summed E-state index contributed by atoms with van der Waals surface area (Å²) in [6.07, 6.45) is 0.846. The van der Waals surface area contributed by atoms with Gasteiger partial charge in [0.2, 0.25) is 0 Å². The van der Waals surface area contributed by atoms with Crippen molar-refractivity contribution in [3.8, 4) is 5.75 Å². The van der Waals surface area contributed by atoms with Gasteiger partial charge in [0.15, 0.2) is 0 Å². The monoisotopic (exact) mass is 384 g/mol. The number of rotatable bonds is 2. The van der Waals surface area contributed by atoms with Gasteiger partial charge in [-0.25, -0.2) is 0 Å². The molecular weight excluding hydrogens is 368 g/mol. The molecule has 2 heterocycles. The molecule has 3 aromatic rings. The third-order valence-corrected chi connectivity index (χ3v) is 5.24. The molecule has 0 atom stereocenters. The van der Waals surface area contributed by atoms with Crippen molar-refractivity contribution in [3.63, 3.8) is 0 Å². The number of fused-ring (bicyclic) bond motifs is 3. The lowest BCUT2D eigenvalue weighted by Gasteiger charge is -2.27. The normalized spacial score (nSPS) is 13.8. The van der Waals surface area contributed by atoms with E-state index in [0.29, 0.717) is 12.1 Å². The first-order valence-electron chi connectivity index (χ1n) is 7.88. The van der Waals surface area contributed by atoms with Crippen LogP contribution in [0.2, 0.25) is 0 Å². The van der Waals surface area contributed by atoms with Crippen LogP contribution in [-0.2, 0) is 13.0 Å². The maximum absolute atomic E-state index is 12.8. The zero-order valence-corrected chi connectivity index (χ0v) is 14.9. The number of methoxy groups -OCH3 is 1. The highest BCUT2D eigenvalue weighted by molar-refractivity contribution is 9.10. The summed E-state index contributed by atoms with van der Waals surface area (Å²) in [4.78, 5) is 18.2. The van der Waals surface area contributed by atoms with Crippen LogP contribution in [0.25, 0.3) is 10.9 Å². The second kappa shape index (κ2) is 5.98. The summed E-state index contributed by atoms with van der Waals surface area (Å²) in [6, 6.07) is 13.5. The fourth-order valence-electron chi connectivity index (χ4n) is 3.29. The molecule has 0 bridgehead atoms. The second-order valence-electron chi connectivity index (χ2n) is 5.95. The molecule has 0 aliphatic carbocycles. The largest absolute Gasteiger partial charge is 0.497 e. The minimum Gasteiger partial charge on any atom is -0.497 e. The second-order valence-corrected chi connectivity index (χ2v) is 6.80. The number of para-hydroxylation sites is 1. The van der Waals surface area contributed by atoms with Crippen LogP contribution in [0.15, 0.2) is 46.9 Å². The molecule has 4 rings (SSSR count). The number of carbonyl (C=O) groups is 1. The van der Waals surface area contributed by atoms with Gasteiger partial charge in [-0.3, -0.25) is 4.79 Å². The van der Waals surface area contributed by atoms with Gasteiger partial charge in [0, 0.05) is 46.2 Å². The smallest absolute Gasteiger partial charge is 0.254 e. The zero-order valence-electron chi connectivity index (χ0n) is 13.3.